The molecule has 3 unspecified atom stereocenters. The summed E-state index contributed by atoms with van der Waals surface area (Å²) in [6.07, 6.45) is 0.475. The summed E-state index contributed by atoms with van der Waals surface area (Å²) in [6, 6.07) is 7.75. The minimum atomic E-state index is -0.494. The van der Waals surface area contributed by atoms with E-state index in [1.165, 1.54) is 0 Å². The molecule has 0 saturated carbocycles. The van der Waals surface area contributed by atoms with E-state index < -0.39 is 6.10 Å². The molecule has 1 heterocycles. The monoisotopic (exact) mass is 376 g/mol. The molecule has 0 spiro atoms. The highest BCUT2D eigenvalue weighted by Crippen LogP contribution is 2.19. The van der Waals surface area contributed by atoms with Crippen LogP contribution in [0.4, 0.5) is 0 Å². The van der Waals surface area contributed by atoms with Gasteiger partial charge >= 0.3 is 0 Å². The predicted molar refractivity (Wildman–Crippen MR) is 90.1 cm³/mol. The number of nitrogens with one attached hydrogen (secondary N) is 2. The quantitative estimate of drug-likeness (QED) is 0.848. The average Bonchev–Trinajstić information content (AvgIpc) is 2.41. The predicted octanol–water partition coefficient (Wildman–Crippen LogP) is 2.75. The summed E-state index contributed by atoms with van der Waals surface area (Å²) >= 11 is 3.39. The smallest absolute Gasteiger partial charge is 0.261 e. The normalized spacial score (nSPS) is 22.8. The zero-order valence-corrected chi connectivity index (χ0v) is 14.7. The second-order valence-corrected chi connectivity index (χ2v) is 6.22. The molecule has 0 bridgehead atoms. The van der Waals surface area contributed by atoms with Gasteiger partial charge in [0, 0.05) is 10.5 Å². The van der Waals surface area contributed by atoms with Gasteiger partial charge in [0.1, 0.15) is 5.75 Å². The van der Waals surface area contributed by atoms with Crippen LogP contribution in [0.1, 0.15) is 20.3 Å². The van der Waals surface area contributed by atoms with Crippen molar-refractivity contribution in [1.29, 1.82) is 0 Å². The van der Waals surface area contributed by atoms with Crippen molar-refractivity contribution in [1.82, 2.24) is 10.6 Å². The van der Waals surface area contributed by atoms with Crippen molar-refractivity contribution in [3.63, 3.8) is 0 Å². The fourth-order valence-corrected chi connectivity index (χ4v) is 2.70. The number of hydrogen-bond donors (Lipinski definition) is 2. The van der Waals surface area contributed by atoms with Crippen molar-refractivity contribution in [3.8, 4) is 5.75 Å². The second kappa shape index (κ2) is 8.61. The second-order valence-electron chi connectivity index (χ2n) is 5.30. The Kier molecular flexibility index (Phi) is 7.49. The summed E-state index contributed by atoms with van der Waals surface area (Å²) in [6.45, 7) is 5.83. The summed E-state index contributed by atoms with van der Waals surface area (Å²) in [5.74, 6) is 1.09. The lowest BCUT2D eigenvalue weighted by Crippen LogP contribution is -2.51. The maximum Gasteiger partial charge on any atom is 0.261 e. The first-order valence-corrected chi connectivity index (χ1v) is 7.79. The maximum atomic E-state index is 12.2. The number of rotatable bonds is 4. The van der Waals surface area contributed by atoms with Crippen molar-refractivity contribution < 1.29 is 9.53 Å². The van der Waals surface area contributed by atoms with Crippen LogP contribution in [0, 0.1) is 5.92 Å². The van der Waals surface area contributed by atoms with E-state index in [2.05, 4.69) is 33.5 Å². The van der Waals surface area contributed by atoms with Crippen LogP contribution >= 0.6 is 28.3 Å². The van der Waals surface area contributed by atoms with E-state index in [0.29, 0.717) is 11.7 Å². The molecule has 1 aliphatic rings. The van der Waals surface area contributed by atoms with E-state index in [0.717, 1.165) is 24.0 Å². The maximum absolute atomic E-state index is 12.2. The molecule has 2 N–H and O–H groups in total. The lowest BCUT2D eigenvalue weighted by molar-refractivity contribution is -0.128. The van der Waals surface area contributed by atoms with Gasteiger partial charge in [0.05, 0.1) is 0 Å². The average molecular weight is 378 g/mol. The number of ether oxygens (including phenoxy) is 1. The molecule has 6 heteroatoms. The molecule has 21 heavy (non-hydrogen) atoms. The topological polar surface area (TPSA) is 50.4 Å². The molecule has 118 valence electrons. The van der Waals surface area contributed by atoms with Crippen LogP contribution in [0.5, 0.6) is 5.75 Å². The molecular formula is C15H22BrClN2O2. The van der Waals surface area contributed by atoms with Crippen molar-refractivity contribution in [2.24, 2.45) is 5.92 Å². The van der Waals surface area contributed by atoms with E-state index in [1.807, 2.05) is 24.3 Å². The first-order valence-electron chi connectivity index (χ1n) is 6.99. The van der Waals surface area contributed by atoms with E-state index in [9.17, 15) is 4.79 Å². The van der Waals surface area contributed by atoms with Crippen LogP contribution < -0.4 is 15.4 Å². The molecular weight excluding hydrogens is 356 g/mol. The van der Waals surface area contributed by atoms with Gasteiger partial charge in [-0.3, -0.25) is 4.79 Å². The molecule has 0 aromatic heterocycles. The third kappa shape index (κ3) is 5.49. The Balaban J connectivity index is 0.00000220. The molecule has 1 aromatic carbocycles. The van der Waals surface area contributed by atoms with Crippen molar-refractivity contribution in [2.75, 3.05) is 13.1 Å². The van der Waals surface area contributed by atoms with E-state index in [1.54, 1.807) is 6.92 Å². The van der Waals surface area contributed by atoms with Crippen LogP contribution in [0.15, 0.2) is 28.7 Å². The number of hydrogen-bond acceptors (Lipinski definition) is 3. The fraction of sp³-hybridized carbons (Fsp3) is 0.533. The van der Waals surface area contributed by atoms with E-state index >= 15 is 0 Å². The van der Waals surface area contributed by atoms with Crippen molar-refractivity contribution in [2.45, 2.75) is 32.4 Å². The van der Waals surface area contributed by atoms with E-state index in [-0.39, 0.29) is 24.4 Å². The Morgan fingerprint density at radius 1 is 1.52 bits per heavy atom. The molecule has 2 rings (SSSR count). The molecule has 3 atom stereocenters. The fourth-order valence-electron chi connectivity index (χ4n) is 2.33. The Hall–Kier alpha value is -0.780. The molecule has 0 radical (unpaired) electrons. The van der Waals surface area contributed by atoms with Gasteiger partial charge in [-0.15, -0.1) is 12.4 Å². The molecule has 4 nitrogen and oxygen atoms in total. The number of carbonyl (C=O) groups is 1. The molecule has 1 aliphatic heterocycles. The van der Waals surface area contributed by atoms with Gasteiger partial charge in [0.25, 0.3) is 5.91 Å². The lowest BCUT2D eigenvalue weighted by Gasteiger charge is -2.31. The SMILES string of the molecule is CC(Oc1cccc(Br)c1)C(=O)NC1CCNCC1C.Cl. The standard InChI is InChI=1S/C15H21BrN2O2.ClH/c1-10-9-17-7-6-14(10)18-15(19)11(2)20-13-5-3-4-12(16)8-13;/h3-5,8,10-11,14,17H,6-7,9H2,1-2H3,(H,18,19);1H. The third-order valence-corrected chi connectivity index (χ3v) is 4.08. The third-order valence-electron chi connectivity index (χ3n) is 3.59. The summed E-state index contributed by atoms with van der Waals surface area (Å²) in [7, 11) is 0. The Bertz CT molecular complexity index is 473. The zero-order chi connectivity index (χ0) is 14.5. The van der Waals surface area contributed by atoms with Crippen LogP contribution in [-0.2, 0) is 4.79 Å². The largest absolute Gasteiger partial charge is 0.481 e. The van der Waals surface area contributed by atoms with Crippen molar-refractivity contribution >= 4 is 34.2 Å². The Morgan fingerprint density at radius 3 is 2.95 bits per heavy atom. The van der Waals surface area contributed by atoms with Gasteiger partial charge in [0.2, 0.25) is 0 Å². The van der Waals surface area contributed by atoms with Gasteiger partial charge < -0.3 is 15.4 Å². The molecule has 1 saturated heterocycles. The summed E-state index contributed by atoms with van der Waals surface area (Å²) in [5, 5.41) is 6.41. The summed E-state index contributed by atoms with van der Waals surface area (Å²) in [4.78, 5) is 12.2. The van der Waals surface area contributed by atoms with Crippen LogP contribution in [0.3, 0.4) is 0 Å². The van der Waals surface area contributed by atoms with Crippen molar-refractivity contribution in [3.05, 3.63) is 28.7 Å². The van der Waals surface area contributed by atoms with Gasteiger partial charge in [-0.1, -0.05) is 28.9 Å². The highest BCUT2D eigenvalue weighted by molar-refractivity contribution is 9.10. The number of benzene rings is 1. The first-order chi connectivity index (χ1) is 9.56. The number of halogens is 2. The Labute approximate surface area is 140 Å². The Morgan fingerprint density at radius 2 is 2.29 bits per heavy atom. The molecule has 1 amide bonds. The minimum Gasteiger partial charge on any atom is -0.481 e. The zero-order valence-electron chi connectivity index (χ0n) is 12.3. The molecule has 1 fully saturated rings. The van der Waals surface area contributed by atoms with E-state index in [4.69, 9.17) is 4.74 Å². The highest BCUT2D eigenvalue weighted by Gasteiger charge is 2.25. The number of amides is 1. The van der Waals surface area contributed by atoms with Crippen LogP contribution in [0.25, 0.3) is 0 Å². The number of carbonyl (C=O) groups excluding carboxylic acids is 1. The van der Waals surface area contributed by atoms with Gasteiger partial charge in [-0.05, 0) is 50.6 Å². The number of piperidine rings is 1. The van der Waals surface area contributed by atoms with Crippen LogP contribution in [-0.4, -0.2) is 31.1 Å². The van der Waals surface area contributed by atoms with Gasteiger partial charge in [0.15, 0.2) is 6.10 Å². The summed E-state index contributed by atoms with van der Waals surface area (Å²) in [5.41, 5.74) is 0. The van der Waals surface area contributed by atoms with Gasteiger partial charge in [-0.2, -0.15) is 0 Å². The lowest BCUT2D eigenvalue weighted by atomic mass is 9.95. The molecule has 1 aromatic rings. The minimum absolute atomic E-state index is 0. The van der Waals surface area contributed by atoms with Crippen LogP contribution in [0.2, 0.25) is 0 Å². The highest BCUT2D eigenvalue weighted by atomic mass is 79.9. The first kappa shape index (κ1) is 18.3. The molecule has 0 aliphatic carbocycles. The van der Waals surface area contributed by atoms with Gasteiger partial charge in [-0.25, -0.2) is 0 Å². The summed E-state index contributed by atoms with van der Waals surface area (Å²) < 4.78 is 6.62.